The number of hydrogen-bond donors (Lipinski definition) is 1. The van der Waals surface area contributed by atoms with Crippen molar-refractivity contribution < 1.29 is 14.2 Å². The molecule has 0 unspecified atom stereocenters. The fourth-order valence-corrected chi connectivity index (χ4v) is 2.87. The van der Waals surface area contributed by atoms with Crippen molar-refractivity contribution in [1.29, 1.82) is 0 Å². The van der Waals surface area contributed by atoms with Gasteiger partial charge < -0.3 is 24.5 Å². The Kier molecular flexibility index (Phi) is 3.99. The first kappa shape index (κ1) is 16.6. The summed E-state index contributed by atoms with van der Waals surface area (Å²) in [6.45, 7) is 0. The van der Waals surface area contributed by atoms with Gasteiger partial charge in [0.25, 0.3) is 0 Å². The van der Waals surface area contributed by atoms with Crippen molar-refractivity contribution in [3.63, 3.8) is 0 Å². The van der Waals surface area contributed by atoms with Crippen molar-refractivity contribution in [2.24, 2.45) is 0 Å². The zero-order valence-corrected chi connectivity index (χ0v) is 14.9. The SMILES string of the molecule is COc1ccc(-n2cnc(-n3ncc4c(N)ncnc43)c2)c(OC)c1OC. The van der Waals surface area contributed by atoms with Crippen LogP contribution in [0.3, 0.4) is 0 Å². The Morgan fingerprint density at radius 2 is 1.78 bits per heavy atom. The van der Waals surface area contributed by atoms with Crippen LogP contribution in [-0.4, -0.2) is 50.6 Å². The molecule has 1 aromatic carbocycles. The molecule has 2 N–H and O–H groups in total. The Balaban J connectivity index is 1.82. The van der Waals surface area contributed by atoms with E-state index in [9.17, 15) is 0 Å². The molecular formula is C17H17N7O3. The number of fused-ring (bicyclic) bond motifs is 1. The third-order valence-electron chi connectivity index (χ3n) is 4.14. The van der Waals surface area contributed by atoms with Crippen molar-refractivity contribution >= 4 is 16.9 Å². The zero-order valence-electron chi connectivity index (χ0n) is 14.9. The van der Waals surface area contributed by atoms with Crippen molar-refractivity contribution in [2.45, 2.75) is 0 Å². The molecule has 0 amide bonds. The summed E-state index contributed by atoms with van der Waals surface area (Å²) in [7, 11) is 4.70. The van der Waals surface area contributed by atoms with Crippen molar-refractivity contribution in [3.8, 4) is 28.8 Å². The topological polar surface area (TPSA) is 115 Å². The van der Waals surface area contributed by atoms with Gasteiger partial charge in [-0.3, -0.25) is 0 Å². The van der Waals surface area contributed by atoms with E-state index in [4.69, 9.17) is 19.9 Å². The highest BCUT2D eigenvalue weighted by molar-refractivity contribution is 5.85. The molecule has 0 atom stereocenters. The minimum Gasteiger partial charge on any atom is -0.493 e. The second-order valence-corrected chi connectivity index (χ2v) is 5.55. The first-order valence-electron chi connectivity index (χ1n) is 7.95. The van der Waals surface area contributed by atoms with Gasteiger partial charge in [0.1, 0.15) is 18.5 Å². The Bertz CT molecular complexity index is 1120. The number of hydrogen-bond acceptors (Lipinski definition) is 8. The summed E-state index contributed by atoms with van der Waals surface area (Å²) in [4.78, 5) is 12.6. The first-order valence-corrected chi connectivity index (χ1v) is 7.95. The van der Waals surface area contributed by atoms with E-state index in [1.165, 1.54) is 6.33 Å². The molecule has 4 rings (SSSR count). The lowest BCUT2D eigenvalue weighted by Gasteiger charge is -2.15. The van der Waals surface area contributed by atoms with Crippen LogP contribution in [0.25, 0.3) is 22.5 Å². The maximum Gasteiger partial charge on any atom is 0.205 e. The summed E-state index contributed by atoms with van der Waals surface area (Å²) in [6, 6.07) is 3.65. The van der Waals surface area contributed by atoms with Crippen LogP contribution >= 0.6 is 0 Å². The molecule has 138 valence electrons. The van der Waals surface area contributed by atoms with Crippen LogP contribution in [0.5, 0.6) is 17.2 Å². The van der Waals surface area contributed by atoms with Crippen molar-refractivity contribution in [2.75, 3.05) is 27.1 Å². The molecule has 0 bridgehead atoms. The van der Waals surface area contributed by atoms with Gasteiger partial charge in [0, 0.05) is 0 Å². The van der Waals surface area contributed by atoms with Crippen molar-refractivity contribution in [1.82, 2.24) is 29.3 Å². The van der Waals surface area contributed by atoms with E-state index in [1.54, 1.807) is 55.4 Å². The lowest BCUT2D eigenvalue weighted by molar-refractivity contribution is 0.323. The molecule has 10 heteroatoms. The normalized spacial score (nSPS) is 10.9. The summed E-state index contributed by atoms with van der Waals surface area (Å²) in [6.07, 6.45) is 6.45. The molecule has 0 saturated heterocycles. The third-order valence-corrected chi connectivity index (χ3v) is 4.14. The summed E-state index contributed by atoms with van der Waals surface area (Å²) >= 11 is 0. The number of nitrogens with zero attached hydrogens (tertiary/aromatic N) is 6. The molecule has 0 radical (unpaired) electrons. The monoisotopic (exact) mass is 367 g/mol. The zero-order chi connectivity index (χ0) is 19.0. The predicted molar refractivity (Wildman–Crippen MR) is 97.9 cm³/mol. The molecule has 0 aliphatic carbocycles. The minimum absolute atomic E-state index is 0.368. The van der Waals surface area contributed by atoms with Gasteiger partial charge in [0.15, 0.2) is 23.0 Å². The van der Waals surface area contributed by atoms with Crippen LogP contribution in [0.2, 0.25) is 0 Å². The van der Waals surface area contributed by atoms with E-state index in [2.05, 4.69) is 20.1 Å². The quantitative estimate of drug-likeness (QED) is 0.566. The molecule has 4 aromatic rings. The molecule has 3 aromatic heterocycles. The highest BCUT2D eigenvalue weighted by atomic mass is 16.5. The van der Waals surface area contributed by atoms with Crippen LogP contribution in [0, 0.1) is 0 Å². The third kappa shape index (κ3) is 2.58. The van der Waals surface area contributed by atoms with Crippen LogP contribution in [0.15, 0.2) is 37.2 Å². The molecule has 3 heterocycles. The molecule has 0 spiro atoms. The Morgan fingerprint density at radius 1 is 0.963 bits per heavy atom. The highest BCUT2D eigenvalue weighted by Gasteiger charge is 2.18. The minimum atomic E-state index is 0.368. The number of ether oxygens (including phenoxy) is 3. The van der Waals surface area contributed by atoms with E-state index < -0.39 is 0 Å². The number of methoxy groups -OCH3 is 3. The molecule has 0 fully saturated rings. The van der Waals surface area contributed by atoms with Gasteiger partial charge in [-0.15, -0.1) is 0 Å². The second kappa shape index (κ2) is 6.48. The van der Waals surface area contributed by atoms with Crippen molar-refractivity contribution in [3.05, 3.63) is 37.2 Å². The van der Waals surface area contributed by atoms with Crippen LogP contribution < -0.4 is 19.9 Å². The van der Waals surface area contributed by atoms with Crippen LogP contribution in [-0.2, 0) is 0 Å². The number of anilines is 1. The van der Waals surface area contributed by atoms with Gasteiger partial charge in [-0.05, 0) is 12.1 Å². The van der Waals surface area contributed by atoms with Gasteiger partial charge >= 0.3 is 0 Å². The lowest BCUT2D eigenvalue weighted by Crippen LogP contribution is -2.01. The summed E-state index contributed by atoms with van der Waals surface area (Å²) < 4.78 is 19.7. The molecule has 10 nitrogen and oxygen atoms in total. The largest absolute Gasteiger partial charge is 0.493 e. The van der Waals surface area contributed by atoms with Gasteiger partial charge in [-0.25, -0.2) is 15.0 Å². The van der Waals surface area contributed by atoms with Crippen LogP contribution in [0.4, 0.5) is 5.82 Å². The van der Waals surface area contributed by atoms with Crippen LogP contribution in [0.1, 0.15) is 0 Å². The fourth-order valence-electron chi connectivity index (χ4n) is 2.87. The number of nitrogens with two attached hydrogens (primary N) is 1. The Hall–Kier alpha value is -3.82. The second-order valence-electron chi connectivity index (χ2n) is 5.55. The summed E-state index contributed by atoms with van der Waals surface area (Å²) in [5, 5.41) is 4.98. The van der Waals surface area contributed by atoms with Gasteiger partial charge in [0.05, 0.1) is 44.8 Å². The maximum atomic E-state index is 5.87. The summed E-state index contributed by atoms with van der Waals surface area (Å²) in [5.74, 6) is 2.53. The molecular weight excluding hydrogens is 350 g/mol. The van der Waals surface area contributed by atoms with E-state index in [0.717, 1.165) is 5.69 Å². The van der Waals surface area contributed by atoms with Gasteiger partial charge in [-0.2, -0.15) is 9.78 Å². The molecule has 0 aliphatic heterocycles. The smallest absolute Gasteiger partial charge is 0.205 e. The predicted octanol–water partition coefficient (Wildman–Crippen LogP) is 1.61. The maximum absolute atomic E-state index is 5.87. The van der Waals surface area contributed by atoms with E-state index >= 15 is 0 Å². The molecule has 0 aliphatic rings. The number of nitrogen functional groups attached to an aromatic ring is 1. The number of benzene rings is 1. The van der Waals surface area contributed by atoms with Gasteiger partial charge in [-0.1, -0.05) is 0 Å². The number of rotatable bonds is 5. The van der Waals surface area contributed by atoms with E-state index in [-0.39, 0.29) is 0 Å². The fraction of sp³-hybridized carbons (Fsp3) is 0.176. The van der Waals surface area contributed by atoms with Gasteiger partial charge in [0.2, 0.25) is 5.75 Å². The lowest BCUT2D eigenvalue weighted by atomic mass is 10.2. The Labute approximate surface area is 154 Å². The highest BCUT2D eigenvalue weighted by Crippen LogP contribution is 2.41. The first-order chi connectivity index (χ1) is 13.2. The average molecular weight is 367 g/mol. The van der Waals surface area contributed by atoms with E-state index in [1.807, 2.05) is 6.07 Å². The number of aromatic nitrogens is 6. The molecule has 27 heavy (non-hydrogen) atoms. The summed E-state index contributed by atoms with van der Waals surface area (Å²) in [5.41, 5.74) is 7.18. The standard InChI is InChI=1S/C17H17N7O3/c1-25-12-5-4-11(14(26-2)15(12)27-3)23-7-13(21-9-23)24-17-10(6-22-24)16(18)19-8-20-17/h4-9H,1-3H3,(H2,18,19,20). The number of imidazole rings is 1. The Morgan fingerprint density at radius 3 is 2.52 bits per heavy atom. The average Bonchev–Trinajstić information content (AvgIpc) is 3.34. The van der Waals surface area contributed by atoms with E-state index in [0.29, 0.717) is 39.9 Å². The molecule has 0 saturated carbocycles.